The van der Waals surface area contributed by atoms with Gasteiger partial charge in [-0.05, 0) is 42.9 Å². The lowest BCUT2D eigenvalue weighted by Crippen LogP contribution is -2.28. The van der Waals surface area contributed by atoms with Gasteiger partial charge in [-0.25, -0.2) is 0 Å². The average Bonchev–Trinajstić information content (AvgIpc) is 2.96. The smallest absolute Gasteiger partial charge is 0.0233 e. The van der Waals surface area contributed by atoms with Crippen molar-refractivity contribution >= 4 is 11.3 Å². The molecule has 0 aliphatic carbocycles. The van der Waals surface area contributed by atoms with Crippen LogP contribution >= 0.6 is 11.3 Å². The lowest BCUT2D eigenvalue weighted by atomic mass is 10.2. The number of nitrogens with zero attached hydrogens (tertiary/aromatic N) is 1. The van der Waals surface area contributed by atoms with Crippen molar-refractivity contribution in [3.05, 3.63) is 58.3 Å². The van der Waals surface area contributed by atoms with Gasteiger partial charge in [-0.2, -0.15) is 0 Å². The van der Waals surface area contributed by atoms with Gasteiger partial charge in [0.25, 0.3) is 0 Å². The van der Waals surface area contributed by atoms with E-state index in [-0.39, 0.29) is 0 Å². The minimum Gasteiger partial charge on any atom is -0.330 e. The molecule has 102 valence electrons. The highest BCUT2D eigenvalue weighted by Crippen LogP contribution is 2.11. The van der Waals surface area contributed by atoms with Gasteiger partial charge in [-0.15, -0.1) is 11.3 Å². The van der Waals surface area contributed by atoms with Crippen molar-refractivity contribution in [1.29, 1.82) is 0 Å². The lowest BCUT2D eigenvalue weighted by Gasteiger charge is -2.22. The van der Waals surface area contributed by atoms with E-state index < -0.39 is 0 Å². The highest BCUT2D eigenvalue weighted by atomic mass is 32.1. The Balaban J connectivity index is 1.87. The van der Waals surface area contributed by atoms with E-state index >= 15 is 0 Å². The van der Waals surface area contributed by atoms with Gasteiger partial charge >= 0.3 is 0 Å². The molecule has 1 aromatic carbocycles. The third-order valence-electron chi connectivity index (χ3n) is 3.18. The van der Waals surface area contributed by atoms with Crippen molar-refractivity contribution in [3.63, 3.8) is 0 Å². The highest BCUT2D eigenvalue weighted by Gasteiger charge is 2.06. The molecule has 0 fully saturated rings. The summed E-state index contributed by atoms with van der Waals surface area (Å²) in [5.74, 6) is 0. The Morgan fingerprint density at radius 3 is 2.53 bits per heavy atom. The quantitative estimate of drug-likeness (QED) is 0.801. The zero-order valence-corrected chi connectivity index (χ0v) is 12.1. The molecule has 0 aliphatic rings. The fourth-order valence-electron chi connectivity index (χ4n) is 2.15. The second-order valence-corrected chi connectivity index (χ2v) is 5.77. The number of benzene rings is 1. The van der Waals surface area contributed by atoms with Crippen LogP contribution in [0.4, 0.5) is 0 Å². The molecule has 0 bridgehead atoms. The van der Waals surface area contributed by atoms with Crippen LogP contribution in [0.1, 0.15) is 16.9 Å². The topological polar surface area (TPSA) is 29.3 Å². The van der Waals surface area contributed by atoms with Gasteiger partial charge in [-0.1, -0.05) is 36.4 Å². The third kappa shape index (κ3) is 5.15. The van der Waals surface area contributed by atoms with Gasteiger partial charge in [0.2, 0.25) is 0 Å². The molecule has 0 saturated heterocycles. The second kappa shape index (κ2) is 8.10. The summed E-state index contributed by atoms with van der Waals surface area (Å²) >= 11 is 1.84. The van der Waals surface area contributed by atoms with Crippen LogP contribution in [0.25, 0.3) is 0 Å². The molecule has 0 unspecified atom stereocenters. The molecule has 0 amide bonds. The van der Waals surface area contributed by atoms with Crippen LogP contribution in [0.3, 0.4) is 0 Å². The predicted octanol–water partition coefficient (Wildman–Crippen LogP) is 3.14. The molecule has 2 N–H and O–H groups in total. The zero-order valence-electron chi connectivity index (χ0n) is 11.3. The van der Waals surface area contributed by atoms with Gasteiger partial charge in [0.15, 0.2) is 0 Å². The molecule has 2 nitrogen and oxygen atoms in total. The molecule has 1 heterocycles. The summed E-state index contributed by atoms with van der Waals surface area (Å²) < 4.78 is 0. The first-order valence-electron chi connectivity index (χ1n) is 6.87. The van der Waals surface area contributed by atoms with E-state index in [1.165, 1.54) is 10.4 Å². The van der Waals surface area contributed by atoms with Gasteiger partial charge in [0.05, 0.1) is 0 Å². The van der Waals surface area contributed by atoms with Crippen LogP contribution in [-0.4, -0.2) is 24.5 Å². The summed E-state index contributed by atoms with van der Waals surface area (Å²) in [5.41, 5.74) is 7.02. The Bertz CT molecular complexity index is 439. The number of rotatable bonds is 8. The van der Waals surface area contributed by atoms with Crippen LogP contribution in [-0.2, 0) is 13.0 Å². The van der Waals surface area contributed by atoms with E-state index in [0.717, 1.165) is 39.0 Å². The maximum absolute atomic E-state index is 5.64. The summed E-state index contributed by atoms with van der Waals surface area (Å²) in [7, 11) is 0. The fraction of sp³-hybridized carbons (Fsp3) is 0.375. The molecule has 0 atom stereocenters. The number of hydrogen-bond acceptors (Lipinski definition) is 3. The molecule has 0 aliphatic heterocycles. The molecule has 19 heavy (non-hydrogen) atoms. The Hall–Kier alpha value is -1.16. The van der Waals surface area contributed by atoms with Crippen molar-refractivity contribution in [2.75, 3.05) is 19.6 Å². The highest BCUT2D eigenvalue weighted by molar-refractivity contribution is 7.09. The van der Waals surface area contributed by atoms with E-state index in [4.69, 9.17) is 5.73 Å². The van der Waals surface area contributed by atoms with E-state index in [1.807, 2.05) is 11.3 Å². The molecule has 1 aromatic heterocycles. The van der Waals surface area contributed by atoms with Gasteiger partial charge in [0, 0.05) is 18.0 Å². The molecule has 0 saturated carbocycles. The van der Waals surface area contributed by atoms with Crippen LogP contribution in [0.15, 0.2) is 47.8 Å². The van der Waals surface area contributed by atoms with Crippen LogP contribution < -0.4 is 5.73 Å². The van der Waals surface area contributed by atoms with Crippen molar-refractivity contribution < 1.29 is 0 Å². The molecule has 0 radical (unpaired) electrons. The van der Waals surface area contributed by atoms with Crippen molar-refractivity contribution in [3.8, 4) is 0 Å². The van der Waals surface area contributed by atoms with Gasteiger partial charge in [-0.3, -0.25) is 4.90 Å². The SMILES string of the molecule is NCCCN(CCc1cccs1)Cc1ccccc1. The molecular formula is C16H22N2S. The molecule has 2 aromatic rings. The summed E-state index contributed by atoms with van der Waals surface area (Å²) in [5, 5.41) is 2.15. The first-order chi connectivity index (χ1) is 9.38. The normalized spacial score (nSPS) is 11.1. The molecule has 3 heteroatoms. The monoisotopic (exact) mass is 274 g/mol. The lowest BCUT2D eigenvalue weighted by molar-refractivity contribution is 0.267. The van der Waals surface area contributed by atoms with Crippen molar-refractivity contribution in [2.45, 2.75) is 19.4 Å². The minimum absolute atomic E-state index is 0.768. The first kappa shape index (κ1) is 14.3. The van der Waals surface area contributed by atoms with Crippen molar-refractivity contribution in [1.82, 2.24) is 4.90 Å². The molecule has 2 rings (SSSR count). The zero-order chi connectivity index (χ0) is 13.3. The maximum Gasteiger partial charge on any atom is 0.0233 e. The summed E-state index contributed by atoms with van der Waals surface area (Å²) in [6.45, 7) is 3.97. The number of thiophene rings is 1. The molecule has 0 spiro atoms. The second-order valence-electron chi connectivity index (χ2n) is 4.73. The maximum atomic E-state index is 5.64. The van der Waals surface area contributed by atoms with Crippen LogP contribution in [0, 0.1) is 0 Å². The standard InChI is InChI=1S/C16H22N2S/c17-10-5-11-18(12-9-16-8-4-13-19-16)14-15-6-2-1-3-7-15/h1-4,6-8,13H,5,9-12,14,17H2. The largest absolute Gasteiger partial charge is 0.330 e. The Morgan fingerprint density at radius 2 is 1.84 bits per heavy atom. The van der Waals surface area contributed by atoms with Gasteiger partial charge in [0.1, 0.15) is 0 Å². The minimum atomic E-state index is 0.768. The van der Waals surface area contributed by atoms with E-state index in [9.17, 15) is 0 Å². The number of hydrogen-bond donors (Lipinski definition) is 1. The Morgan fingerprint density at radius 1 is 1.00 bits per heavy atom. The molecular weight excluding hydrogens is 252 g/mol. The average molecular weight is 274 g/mol. The summed E-state index contributed by atoms with van der Waals surface area (Å²) in [6, 6.07) is 15.0. The summed E-state index contributed by atoms with van der Waals surface area (Å²) in [6.07, 6.45) is 2.20. The van der Waals surface area contributed by atoms with Crippen LogP contribution in [0.2, 0.25) is 0 Å². The summed E-state index contributed by atoms with van der Waals surface area (Å²) in [4.78, 5) is 3.97. The van der Waals surface area contributed by atoms with Crippen LogP contribution in [0.5, 0.6) is 0 Å². The van der Waals surface area contributed by atoms with E-state index in [2.05, 4.69) is 52.7 Å². The van der Waals surface area contributed by atoms with E-state index in [1.54, 1.807) is 0 Å². The predicted molar refractivity (Wildman–Crippen MR) is 83.4 cm³/mol. The first-order valence-corrected chi connectivity index (χ1v) is 7.75. The fourth-order valence-corrected chi connectivity index (χ4v) is 2.85. The number of nitrogens with two attached hydrogens (primary N) is 1. The van der Waals surface area contributed by atoms with Crippen molar-refractivity contribution in [2.24, 2.45) is 5.73 Å². The van der Waals surface area contributed by atoms with E-state index in [0.29, 0.717) is 0 Å². The van der Waals surface area contributed by atoms with Gasteiger partial charge < -0.3 is 5.73 Å². The Kier molecular flexibility index (Phi) is 6.08. The third-order valence-corrected chi connectivity index (χ3v) is 4.12. The Labute approximate surface area is 119 Å².